The van der Waals surface area contributed by atoms with Gasteiger partial charge in [0.15, 0.2) is 16.7 Å². The van der Waals surface area contributed by atoms with Gasteiger partial charge in [-0.3, -0.25) is 4.79 Å². The van der Waals surface area contributed by atoms with Crippen molar-refractivity contribution >= 4 is 42.5 Å². The number of anilines is 1. The van der Waals surface area contributed by atoms with E-state index in [4.69, 9.17) is 33.0 Å². The molecule has 1 heterocycles. The average molecular weight is 368 g/mol. The molecule has 0 aliphatic rings. The van der Waals surface area contributed by atoms with Crippen LogP contribution < -0.4 is 5.32 Å². The zero-order valence-electron chi connectivity index (χ0n) is 10.9. The topological polar surface area (TPSA) is 104 Å². The molecule has 0 spiro atoms. The van der Waals surface area contributed by atoms with Crippen molar-refractivity contribution in [2.24, 2.45) is 0 Å². The molecular formula is C11H9Cl2FN3O4P. The fourth-order valence-corrected chi connectivity index (χ4v) is 2.82. The highest BCUT2D eigenvalue weighted by Crippen LogP contribution is 2.40. The summed E-state index contributed by atoms with van der Waals surface area (Å²) in [5, 5.41) is 4.76. The van der Waals surface area contributed by atoms with Crippen LogP contribution in [0.1, 0.15) is 16.1 Å². The molecule has 0 fully saturated rings. The molecule has 2 rings (SSSR count). The zero-order valence-corrected chi connectivity index (χ0v) is 13.3. The quantitative estimate of drug-likeness (QED) is 0.723. The molecule has 0 bridgehead atoms. The third-order valence-electron chi connectivity index (χ3n) is 2.59. The van der Waals surface area contributed by atoms with E-state index in [1.54, 1.807) is 19.1 Å². The number of amides is 1. The van der Waals surface area contributed by atoms with Gasteiger partial charge in [-0.2, -0.15) is 9.55 Å². The van der Waals surface area contributed by atoms with Crippen LogP contribution >= 0.6 is 30.9 Å². The summed E-state index contributed by atoms with van der Waals surface area (Å²) in [5.74, 6) is -2.39. The maximum Gasteiger partial charge on any atom is 0.451 e. The summed E-state index contributed by atoms with van der Waals surface area (Å²) < 4.78 is 24.8. The van der Waals surface area contributed by atoms with Crippen molar-refractivity contribution in [1.29, 1.82) is 0 Å². The number of nitrogens with zero attached hydrogens (tertiary/aromatic N) is 2. The van der Waals surface area contributed by atoms with E-state index in [-0.39, 0.29) is 15.2 Å². The Balaban J connectivity index is 2.36. The summed E-state index contributed by atoms with van der Waals surface area (Å²) in [6, 6.07) is 4.74. The predicted molar refractivity (Wildman–Crippen MR) is 78.8 cm³/mol. The molecule has 0 atom stereocenters. The molecule has 0 radical (unpaired) electrons. The van der Waals surface area contributed by atoms with Crippen molar-refractivity contribution in [3.05, 3.63) is 45.4 Å². The van der Waals surface area contributed by atoms with Crippen LogP contribution in [0.2, 0.25) is 10.2 Å². The van der Waals surface area contributed by atoms with Gasteiger partial charge >= 0.3 is 7.75 Å². The Labute approximate surface area is 133 Å². The Bertz CT molecular complexity index is 805. The van der Waals surface area contributed by atoms with Crippen LogP contribution in [0.25, 0.3) is 0 Å². The standard InChI is InChI=1S/C11H9Cl2FN3O4P/c1-5-2-3-7(6(12)4-5)15-11(18)9-8(14)10(13)17(16-9)22(19,20)21/h2-4H,1H3,(H,15,18)(H2,19,20,21). The minimum atomic E-state index is -4.97. The molecule has 0 aliphatic heterocycles. The number of carbonyl (C=O) groups excluding carboxylic acids is 1. The first kappa shape index (κ1) is 16.9. The fraction of sp³-hybridized carbons (Fsp3) is 0.0909. The molecule has 1 aromatic carbocycles. The van der Waals surface area contributed by atoms with Crippen molar-refractivity contribution < 1.29 is 23.5 Å². The number of hydrogen-bond donors (Lipinski definition) is 3. The van der Waals surface area contributed by atoms with Crippen LogP contribution in [0.4, 0.5) is 10.1 Å². The van der Waals surface area contributed by atoms with Crippen LogP contribution in [0, 0.1) is 12.7 Å². The third kappa shape index (κ3) is 3.31. The molecule has 0 aliphatic carbocycles. The smallest absolute Gasteiger partial charge is 0.319 e. The van der Waals surface area contributed by atoms with E-state index in [1.165, 1.54) is 6.07 Å². The van der Waals surface area contributed by atoms with Crippen molar-refractivity contribution in [2.45, 2.75) is 6.92 Å². The van der Waals surface area contributed by atoms with E-state index < -0.39 is 30.3 Å². The highest BCUT2D eigenvalue weighted by molar-refractivity contribution is 7.50. The zero-order chi connectivity index (χ0) is 16.7. The highest BCUT2D eigenvalue weighted by atomic mass is 35.5. The molecule has 0 saturated heterocycles. The lowest BCUT2D eigenvalue weighted by Gasteiger charge is -2.06. The lowest BCUT2D eigenvalue weighted by molar-refractivity contribution is 0.101. The lowest BCUT2D eigenvalue weighted by Crippen LogP contribution is -2.15. The van der Waals surface area contributed by atoms with Crippen LogP contribution in [-0.4, -0.2) is 25.2 Å². The fourth-order valence-electron chi connectivity index (χ4n) is 1.59. The molecular weight excluding hydrogens is 359 g/mol. The van der Waals surface area contributed by atoms with Gasteiger partial charge in [0.25, 0.3) is 5.91 Å². The molecule has 0 saturated carbocycles. The third-order valence-corrected chi connectivity index (χ3v) is 4.13. The molecule has 1 aromatic heterocycles. The van der Waals surface area contributed by atoms with Gasteiger partial charge < -0.3 is 15.1 Å². The molecule has 118 valence electrons. The Hall–Kier alpha value is -1.44. The normalized spacial score (nSPS) is 11.5. The summed E-state index contributed by atoms with van der Waals surface area (Å²) in [6.45, 7) is 1.79. The Morgan fingerprint density at radius 2 is 2.05 bits per heavy atom. The molecule has 0 unspecified atom stereocenters. The second-order valence-electron chi connectivity index (χ2n) is 4.29. The number of aryl methyl sites for hydroxylation is 1. The number of halogens is 3. The monoisotopic (exact) mass is 367 g/mol. The van der Waals surface area contributed by atoms with Gasteiger partial charge in [-0.05, 0) is 24.6 Å². The van der Waals surface area contributed by atoms with Gasteiger partial charge in [0.2, 0.25) is 0 Å². The van der Waals surface area contributed by atoms with Crippen molar-refractivity contribution in [2.75, 3.05) is 5.32 Å². The van der Waals surface area contributed by atoms with Crippen molar-refractivity contribution in [3.8, 4) is 0 Å². The SMILES string of the molecule is Cc1ccc(NC(=O)c2nn(P(=O)(O)O)c(Cl)c2F)c(Cl)c1. The summed E-state index contributed by atoms with van der Waals surface area (Å²) in [4.78, 5) is 29.9. The number of hydrogen-bond acceptors (Lipinski definition) is 3. The number of rotatable bonds is 3. The Kier molecular flexibility index (Phi) is 4.60. The largest absolute Gasteiger partial charge is 0.451 e. The van der Waals surface area contributed by atoms with E-state index in [2.05, 4.69) is 10.4 Å². The predicted octanol–water partition coefficient (Wildman–Crippen LogP) is 2.83. The van der Waals surface area contributed by atoms with Gasteiger partial charge in [0, 0.05) is 0 Å². The molecule has 22 heavy (non-hydrogen) atoms. The van der Waals surface area contributed by atoms with Crippen molar-refractivity contribution in [1.82, 2.24) is 9.55 Å². The summed E-state index contributed by atoms with van der Waals surface area (Å²) in [7, 11) is -4.97. The Morgan fingerprint density at radius 1 is 1.41 bits per heavy atom. The summed E-state index contributed by atoms with van der Waals surface area (Å²) in [6.07, 6.45) is 0. The summed E-state index contributed by atoms with van der Waals surface area (Å²) >= 11 is 11.4. The number of benzene rings is 1. The van der Waals surface area contributed by atoms with Gasteiger partial charge in [-0.15, -0.1) is 0 Å². The first-order valence-corrected chi connectivity index (χ1v) is 8.01. The molecule has 1 amide bonds. The van der Waals surface area contributed by atoms with Gasteiger partial charge in [-0.1, -0.05) is 29.3 Å². The first-order chi connectivity index (χ1) is 10.1. The van der Waals surface area contributed by atoms with Gasteiger partial charge in [-0.25, -0.2) is 8.96 Å². The summed E-state index contributed by atoms with van der Waals surface area (Å²) in [5.41, 5.74) is 0.187. The minimum Gasteiger partial charge on any atom is -0.319 e. The van der Waals surface area contributed by atoms with Crippen molar-refractivity contribution in [3.63, 3.8) is 0 Å². The number of nitrogens with one attached hydrogen (secondary N) is 1. The van der Waals surface area contributed by atoms with Crippen LogP contribution in [0.3, 0.4) is 0 Å². The van der Waals surface area contributed by atoms with E-state index in [9.17, 15) is 13.8 Å². The highest BCUT2D eigenvalue weighted by Gasteiger charge is 2.30. The second-order valence-corrected chi connectivity index (χ2v) is 6.46. The maximum absolute atomic E-state index is 13.8. The van der Waals surface area contributed by atoms with Gasteiger partial charge in [0.1, 0.15) is 0 Å². The van der Waals surface area contributed by atoms with Crippen LogP contribution in [0.15, 0.2) is 18.2 Å². The van der Waals surface area contributed by atoms with E-state index in [0.717, 1.165) is 5.56 Å². The maximum atomic E-state index is 13.8. The van der Waals surface area contributed by atoms with E-state index >= 15 is 0 Å². The van der Waals surface area contributed by atoms with E-state index in [0.29, 0.717) is 0 Å². The molecule has 7 nitrogen and oxygen atoms in total. The average Bonchev–Trinajstić information content (AvgIpc) is 2.69. The number of carbonyl (C=O) groups is 1. The molecule has 2 aromatic rings. The second kappa shape index (κ2) is 5.98. The van der Waals surface area contributed by atoms with Gasteiger partial charge in [0.05, 0.1) is 10.7 Å². The van der Waals surface area contributed by atoms with Crippen LogP contribution in [0.5, 0.6) is 0 Å². The van der Waals surface area contributed by atoms with Crippen LogP contribution in [-0.2, 0) is 4.57 Å². The number of aromatic nitrogens is 2. The molecule has 11 heteroatoms. The minimum absolute atomic E-state index is 0.0600. The lowest BCUT2D eigenvalue weighted by atomic mass is 10.2. The first-order valence-electron chi connectivity index (χ1n) is 5.69. The van der Waals surface area contributed by atoms with E-state index in [1.807, 2.05) is 0 Å². The molecule has 3 N–H and O–H groups in total. The Morgan fingerprint density at radius 3 is 2.55 bits per heavy atom.